The minimum Gasteiger partial charge on any atom is -0.460 e. The maximum Gasteiger partial charge on any atom is 0.246 e. The molecule has 2 heterocycles. The Balaban J connectivity index is 1.25. The molecule has 1 aliphatic rings. The lowest BCUT2D eigenvalue weighted by molar-refractivity contribution is -0.127. The Labute approximate surface area is 195 Å². The van der Waals surface area contributed by atoms with Gasteiger partial charge in [0.25, 0.3) is 0 Å². The van der Waals surface area contributed by atoms with Crippen LogP contribution in [0.3, 0.4) is 0 Å². The number of likely N-dealkylation sites (tertiary alicyclic amines) is 1. The third kappa shape index (κ3) is 6.43. The van der Waals surface area contributed by atoms with Crippen LogP contribution in [0, 0.1) is 5.92 Å². The zero-order valence-corrected chi connectivity index (χ0v) is 19.2. The molecule has 4 rings (SSSR count). The second-order valence-corrected chi connectivity index (χ2v) is 10.0. The molecule has 1 aliphatic heterocycles. The second-order valence-electron chi connectivity index (χ2n) is 8.23. The molecule has 1 aromatic heterocycles. The third-order valence-electron chi connectivity index (χ3n) is 5.86. The number of nitrogens with one attached hydrogen (secondary N) is 1. The molecule has 172 valence electrons. The van der Waals surface area contributed by atoms with Crippen LogP contribution in [0.25, 0.3) is 6.08 Å². The van der Waals surface area contributed by atoms with Crippen LogP contribution in [0.4, 0.5) is 0 Å². The van der Waals surface area contributed by atoms with E-state index in [4.69, 9.17) is 4.42 Å². The van der Waals surface area contributed by atoms with Crippen LogP contribution in [-0.4, -0.2) is 32.3 Å². The number of furan rings is 1. The highest BCUT2D eigenvalue weighted by Crippen LogP contribution is 2.22. The monoisotopic (exact) mass is 464 g/mol. The molecule has 1 fully saturated rings. The molecule has 1 N–H and O–H groups in total. The first kappa shape index (κ1) is 23.0. The van der Waals surface area contributed by atoms with Crippen molar-refractivity contribution in [1.82, 2.24) is 9.62 Å². The van der Waals surface area contributed by atoms with Gasteiger partial charge in [0, 0.05) is 19.2 Å². The highest BCUT2D eigenvalue weighted by Gasteiger charge is 2.21. The quantitative estimate of drug-likeness (QED) is 0.506. The number of carbonyl (C=O) groups is 1. The van der Waals surface area contributed by atoms with Crippen molar-refractivity contribution in [2.24, 2.45) is 5.92 Å². The van der Waals surface area contributed by atoms with E-state index in [1.165, 1.54) is 23.8 Å². The molecule has 1 saturated heterocycles. The fourth-order valence-electron chi connectivity index (χ4n) is 3.99. The van der Waals surface area contributed by atoms with Gasteiger partial charge in [-0.05, 0) is 61.1 Å². The zero-order valence-electron chi connectivity index (χ0n) is 18.4. The van der Waals surface area contributed by atoms with Crippen molar-refractivity contribution in [2.75, 3.05) is 13.1 Å². The molecule has 33 heavy (non-hydrogen) atoms. The predicted molar refractivity (Wildman–Crippen MR) is 128 cm³/mol. The van der Waals surface area contributed by atoms with Gasteiger partial charge in [-0.15, -0.1) is 0 Å². The van der Waals surface area contributed by atoms with E-state index in [0.717, 1.165) is 32.4 Å². The summed E-state index contributed by atoms with van der Waals surface area (Å²) in [4.78, 5) is 14.6. The number of sulfonamides is 1. The van der Waals surface area contributed by atoms with E-state index in [9.17, 15) is 13.2 Å². The summed E-state index contributed by atoms with van der Waals surface area (Å²) >= 11 is 0. The molecule has 0 saturated carbocycles. The zero-order chi connectivity index (χ0) is 23.1. The van der Waals surface area contributed by atoms with Crippen LogP contribution in [-0.2, 0) is 27.8 Å². The first-order chi connectivity index (χ1) is 16.0. The summed E-state index contributed by atoms with van der Waals surface area (Å²) in [5.41, 5.74) is 1.35. The molecule has 0 spiro atoms. The van der Waals surface area contributed by atoms with Crippen LogP contribution in [0.15, 0.2) is 88.2 Å². The maximum atomic E-state index is 12.6. The summed E-state index contributed by atoms with van der Waals surface area (Å²) in [6.07, 6.45) is 6.21. The first-order valence-electron chi connectivity index (χ1n) is 11.1. The van der Waals surface area contributed by atoms with E-state index in [1.807, 2.05) is 11.0 Å². The van der Waals surface area contributed by atoms with Crippen molar-refractivity contribution in [3.05, 3.63) is 96.0 Å². The van der Waals surface area contributed by atoms with E-state index < -0.39 is 10.0 Å². The Kier molecular flexibility index (Phi) is 7.42. The number of benzene rings is 2. The number of hydrogen-bond donors (Lipinski definition) is 1. The summed E-state index contributed by atoms with van der Waals surface area (Å²) in [6, 6.07) is 22.1. The van der Waals surface area contributed by atoms with Gasteiger partial charge >= 0.3 is 0 Å². The number of piperidine rings is 1. The normalized spacial score (nSPS) is 15.2. The van der Waals surface area contributed by atoms with Crippen LogP contribution in [0.5, 0.6) is 0 Å². The van der Waals surface area contributed by atoms with Crippen molar-refractivity contribution < 1.29 is 17.6 Å². The molecular weight excluding hydrogens is 436 g/mol. The van der Waals surface area contributed by atoms with E-state index >= 15 is 0 Å². The van der Waals surface area contributed by atoms with Crippen molar-refractivity contribution in [3.8, 4) is 0 Å². The van der Waals surface area contributed by atoms with Crippen molar-refractivity contribution in [2.45, 2.75) is 30.7 Å². The Morgan fingerprint density at radius 1 is 0.970 bits per heavy atom. The average Bonchev–Trinajstić information content (AvgIpc) is 3.31. The highest BCUT2D eigenvalue weighted by molar-refractivity contribution is 7.89. The molecule has 0 bridgehead atoms. The van der Waals surface area contributed by atoms with Crippen molar-refractivity contribution >= 4 is 22.0 Å². The lowest BCUT2D eigenvalue weighted by atomic mass is 9.90. The first-order valence-corrected chi connectivity index (χ1v) is 12.6. The molecule has 0 radical (unpaired) electrons. The topological polar surface area (TPSA) is 79.6 Å². The van der Waals surface area contributed by atoms with Crippen LogP contribution in [0.2, 0.25) is 0 Å². The maximum absolute atomic E-state index is 12.6. The van der Waals surface area contributed by atoms with Gasteiger partial charge in [-0.3, -0.25) is 4.79 Å². The van der Waals surface area contributed by atoms with Gasteiger partial charge in [0.05, 0.1) is 11.4 Å². The van der Waals surface area contributed by atoms with Gasteiger partial charge in [0.15, 0.2) is 0 Å². The molecule has 0 unspecified atom stereocenters. The molecule has 3 aromatic rings. The van der Waals surface area contributed by atoms with Gasteiger partial charge in [0.1, 0.15) is 11.5 Å². The highest BCUT2D eigenvalue weighted by atomic mass is 32.2. The third-order valence-corrected chi connectivity index (χ3v) is 7.27. The van der Waals surface area contributed by atoms with Gasteiger partial charge in [-0.2, -0.15) is 0 Å². The number of amides is 1. The van der Waals surface area contributed by atoms with Crippen LogP contribution in [0.1, 0.15) is 29.9 Å². The summed E-state index contributed by atoms with van der Waals surface area (Å²) < 4.78 is 32.8. The number of hydrogen-bond acceptors (Lipinski definition) is 4. The standard InChI is InChI=1S/C26H28N2O4S/c29-26(28-17-15-22(16-18-28)19-21-7-3-1-4-8-21)14-13-23-11-12-24(32-23)20-27-33(30,31)25-9-5-2-6-10-25/h1-14,22,27H,15-20H2/b14-13+. The van der Waals surface area contributed by atoms with Crippen LogP contribution < -0.4 is 4.72 Å². The second kappa shape index (κ2) is 10.6. The van der Waals surface area contributed by atoms with Crippen molar-refractivity contribution in [3.63, 3.8) is 0 Å². The van der Waals surface area contributed by atoms with E-state index in [2.05, 4.69) is 29.0 Å². The predicted octanol–water partition coefficient (Wildman–Crippen LogP) is 4.25. The smallest absolute Gasteiger partial charge is 0.246 e. The number of carbonyl (C=O) groups excluding carboxylic acids is 1. The Morgan fingerprint density at radius 3 is 2.33 bits per heavy atom. The largest absolute Gasteiger partial charge is 0.460 e. The lowest BCUT2D eigenvalue weighted by Crippen LogP contribution is -2.37. The SMILES string of the molecule is O=C(/C=C/c1ccc(CNS(=O)(=O)c2ccccc2)o1)N1CCC(Cc2ccccc2)CC1. The fourth-order valence-corrected chi connectivity index (χ4v) is 5.01. The lowest BCUT2D eigenvalue weighted by Gasteiger charge is -2.31. The van der Waals surface area contributed by atoms with Gasteiger partial charge < -0.3 is 9.32 Å². The molecule has 0 aliphatic carbocycles. The summed E-state index contributed by atoms with van der Waals surface area (Å²) in [5.74, 6) is 1.56. The minimum atomic E-state index is -3.60. The van der Waals surface area contributed by atoms with E-state index in [-0.39, 0.29) is 17.3 Å². The molecule has 2 aromatic carbocycles. The Hall–Kier alpha value is -3.16. The van der Waals surface area contributed by atoms with Gasteiger partial charge in [-0.25, -0.2) is 13.1 Å². The average molecular weight is 465 g/mol. The molecular formula is C26H28N2O4S. The van der Waals surface area contributed by atoms with Crippen molar-refractivity contribution in [1.29, 1.82) is 0 Å². The molecule has 6 nitrogen and oxygen atoms in total. The Bertz CT molecular complexity index is 1180. The molecule has 7 heteroatoms. The number of rotatable bonds is 8. The summed E-state index contributed by atoms with van der Waals surface area (Å²) in [7, 11) is -3.60. The number of nitrogens with zero attached hydrogens (tertiary/aromatic N) is 1. The van der Waals surface area contributed by atoms with Gasteiger partial charge in [0.2, 0.25) is 15.9 Å². The van der Waals surface area contributed by atoms with E-state index in [0.29, 0.717) is 17.4 Å². The molecule has 1 amide bonds. The fraction of sp³-hybridized carbons (Fsp3) is 0.269. The van der Waals surface area contributed by atoms with Crippen LogP contribution >= 0.6 is 0 Å². The summed E-state index contributed by atoms with van der Waals surface area (Å²) in [5, 5.41) is 0. The molecule has 0 atom stereocenters. The van der Waals surface area contributed by atoms with E-state index in [1.54, 1.807) is 36.4 Å². The van der Waals surface area contributed by atoms with Gasteiger partial charge in [-0.1, -0.05) is 48.5 Å². The minimum absolute atomic E-state index is 0.0316. The summed E-state index contributed by atoms with van der Waals surface area (Å²) in [6.45, 7) is 1.55. The Morgan fingerprint density at radius 2 is 1.64 bits per heavy atom.